The van der Waals surface area contributed by atoms with Crippen LogP contribution in [0.4, 0.5) is 5.82 Å². The monoisotopic (exact) mass is 493 g/mol. The molecule has 0 unspecified atom stereocenters. The summed E-state index contributed by atoms with van der Waals surface area (Å²) < 4.78 is 8.59. The zero-order valence-electron chi connectivity index (χ0n) is 20.2. The lowest BCUT2D eigenvalue weighted by Crippen LogP contribution is -2.41. The van der Waals surface area contributed by atoms with Gasteiger partial charge in [0, 0.05) is 56.0 Å². The number of imidazole rings is 1. The van der Waals surface area contributed by atoms with Crippen LogP contribution in [0, 0.1) is 0 Å². The molecule has 184 valence electrons. The molecule has 6 rings (SSSR count). The van der Waals surface area contributed by atoms with Gasteiger partial charge in [-0.2, -0.15) is 0 Å². The van der Waals surface area contributed by atoms with Crippen molar-refractivity contribution in [3.8, 4) is 17.3 Å². The maximum absolute atomic E-state index is 10.2. The molecule has 35 heavy (non-hydrogen) atoms. The Bertz CT molecular complexity index is 1340. The molecular weight excluding hydrogens is 462 g/mol. The normalized spacial score (nSPS) is 18.3. The molecule has 0 bridgehead atoms. The van der Waals surface area contributed by atoms with E-state index in [0.717, 1.165) is 54.5 Å². The second-order valence-corrected chi connectivity index (χ2v) is 10.7. The van der Waals surface area contributed by atoms with Gasteiger partial charge in [-0.1, -0.05) is 0 Å². The summed E-state index contributed by atoms with van der Waals surface area (Å²) in [7, 11) is 4.36. The number of piperidine rings is 1. The van der Waals surface area contributed by atoms with E-state index in [1.165, 1.54) is 17.7 Å². The minimum atomic E-state index is 0.143. The van der Waals surface area contributed by atoms with E-state index in [4.69, 9.17) is 14.7 Å². The number of anilines is 1. The molecule has 4 aromatic rings. The molecule has 0 atom stereocenters. The summed E-state index contributed by atoms with van der Waals surface area (Å²) >= 11 is 1.81. The van der Waals surface area contributed by atoms with Gasteiger partial charge < -0.3 is 19.6 Å². The van der Waals surface area contributed by atoms with E-state index in [9.17, 15) is 5.11 Å². The lowest BCUT2D eigenvalue weighted by Gasteiger charge is -2.34. The Morgan fingerprint density at radius 3 is 2.69 bits per heavy atom. The smallest absolute Gasteiger partial charge is 0.180 e. The van der Waals surface area contributed by atoms with Gasteiger partial charge in [-0.3, -0.25) is 9.30 Å². The lowest BCUT2D eigenvalue weighted by molar-refractivity contribution is 0.122. The molecule has 2 saturated heterocycles. The zero-order valence-corrected chi connectivity index (χ0v) is 21.0. The molecule has 1 N–H and O–H groups in total. The van der Waals surface area contributed by atoms with Crippen LogP contribution >= 0.6 is 11.3 Å². The Balaban J connectivity index is 1.38. The quantitative estimate of drug-likeness (QED) is 0.454. The molecule has 2 fully saturated rings. The number of aromatic hydroxyl groups is 1. The van der Waals surface area contributed by atoms with Crippen LogP contribution in [0.25, 0.3) is 27.4 Å². The third-order valence-electron chi connectivity index (χ3n) is 7.14. The average molecular weight is 494 g/mol. The maximum Gasteiger partial charge on any atom is 0.180 e. The van der Waals surface area contributed by atoms with Gasteiger partial charge in [0.25, 0.3) is 0 Å². The molecule has 6 heterocycles. The number of nitrogens with zero attached hydrogens (tertiary/aromatic N) is 7. The molecular formula is C25H31N7O2S. The SMILES string of the molecule is CN(C)C1CCN(Cc2cc3nc(-c4ccc(O)c5nccn45)nc(N4CCOCC4)c3s2)CC1. The van der Waals surface area contributed by atoms with Gasteiger partial charge in [0.05, 0.1) is 29.1 Å². The van der Waals surface area contributed by atoms with Gasteiger partial charge in [0.15, 0.2) is 23.0 Å². The number of rotatable bonds is 5. The predicted octanol–water partition coefficient (Wildman–Crippen LogP) is 3.07. The van der Waals surface area contributed by atoms with Gasteiger partial charge in [-0.25, -0.2) is 15.0 Å². The summed E-state index contributed by atoms with van der Waals surface area (Å²) in [6, 6.07) is 6.44. The van der Waals surface area contributed by atoms with Crippen LogP contribution < -0.4 is 4.90 Å². The molecule has 2 aliphatic rings. The number of hydrogen-bond acceptors (Lipinski definition) is 9. The van der Waals surface area contributed by atoms with Crippen molar-refractivity contribution < 1.29 is 9.84 Å². The second kappa shape index (κ2) is 9.34. The van der Waals surface area contributed by atoms with Crippen molar-refractivity contribution in [1.29, 1.82) is 0 Å². The highest BCUT2D eigenvalue weighted by Gasteiger charge is 2.24. The van der Waals surface area contributed by atoms with Crippen LogP contribution in [0.1, 0.15) is 17.7 Å². The van der Waals surface area contributed by atoms with Crippen molar-refractivity contribution in [2.24, 2.45) is 0 Å². The first-order valence-corrected chi connectivity index (χ1v) is 13.1. The number of ether oxygens (including phenoxy) is 1. The second-order valence-electron chi connectivity index (χ2n) is 9.59. The minimum Gasteiger partial charge on any atom is -0.504 e. The number of likely N-dealkylation sites (tertiary alicyclic amines) is 1. The molecule has 0 aromatic carbocycles. The highest BCUT2D eigenvalue weighted by molar-refractivity contribution is 7.19. The number of pyridine rings is 1. The Morgan fingerprint density at radius 1 is 1.11 bits per heavy atom. The van der Waals surface area contributed by atoms with Gasteiger partial charge >= 0.3 is 0 Å². The van der Waals surface area contributed by atoms with E-state index >= 15 is 0 Å². The van der Waals surface area contributed by atoms with Gasteiger partial charge in [0.1, 0.15) is 0 Å². The van der Waals surface area contributed by atoms with Crippen LogP contribution in [0.15, 0.2) is 30.6 Å². The molecule has 0 amide bonds. The summed E-state index contributed by atoms with van der Waals surface area (Å²) in [4.78, 5) is 22.9. The first kappa shape index (κ1) is 22.7. The average Bonchev–Trinajstić information content (AvgIpc) is 3.52. The fraction of sp³-hybridized carbons (Fsp3) is 0.480. The van der Waals surface area contributed by atoms with Gasteiger partial charge in [0.2, 0.25) is 0 Å². The predicted molar refractivity (Wildman–Crippen MR) is 138 cm³/mol. The molecule has 2 aliphatic heterocycles. The van der Waals surface area contributed by atoms with Crippen molar-refractivity contribution >= 4 is 33.0 Å². The third kappa shape index (κ3) is 4.35. The van der Waals surface area contributed by atoms with Crippen molar-refractivity contribution in [2.75, 3.05) is 58.4 Å². The molecule has 0 radical (unpaired) electrons. The van der Waals surface area contributed by atoms with E-state index in [1.54, 1.807) is 12.3 Å². The number of fused-ring (bicyclic) bond motifs is 2. The Labute approximate surface area is 208 Å². The van der Waals surface area contributed by atoms with Crippen molar-refractivity contribution in [2.45, 2.75) is 25.4 Å². The van der Waals surface area contributed by atoms with Crippen LogP contribution in [0.5, 0.6) is 5.75 Å². The van der Waals surface area contributed by atoms with Crippen LogP contribution in [0.2, 0.25) is 0 Å². The fourth-order valence-corrected chi connectivity index (χ4v) is 6.30. The molecule has 0 spiro atoms. The maximum atomic E-state index is 10.2. The topological polar surface area (TPSA) is 82.3 Å². The molecule has 9 nitrogen and oxygen atoms in total. The van der Waals surface area contributed by atoms with Crippen molar-refractivity contribution in [1.82, 2.24) is 29.2 Å². The van der Waals surface area contributed by atoms with Gasteiger partial charge in [-0.15, -0.1) is 11.3 Å². The zero-order chi connectivity index (χ0) is 23.9. The Kier molecular flexibility index (Phi) is 6.05. The van der Waals surface area contributed by atoms with E-state index < -0.39 is 0 Å². The summed E-state index contributed by atoms with van der Waals surface area (Å²) in [5, 5.41) is 10.2. The number of thiophene rings is 1. The Morgan fingerprint density at radius 2 is 1.91 bits per heavy atom. The lowest BCUT2D eigenvalue weighted by atomic mass is 10.0. The number of morpholine rings is 1. The standard InChI is InChI=1S/C25H31N7O2S/c1-29(2)17-5-8-30(9-6-17)16-18-15-19-22(35-18)25(31-11-13-34-14-12-31)28-23(27-19)20-3-4-21(33)24-26-7-10-32(20)24/h3-4,7,10,15,17,33H,5-6,8-9,11-14,16H2,1-2H3. The van der Waals surface area contributed by atoms with E-state index in [0.29, 0.717) is 30.7 Å². The summed E-state index contributed by atoms with van der Waals surface area (Å²) in [6.07, 6.45) is 5.94. The van der Waals surface area contributed by atoms with Crippen molar-refractivity contribution in [3.05, 3.63) is 35.5 Å². The van der Waals surface area contributed by atoms with E-state index in [1.807, 2.05) is 28.0 Å². The Hall–Kier alpha value is -2.79. The number of aromatic nitrogens is 4. The third-order valence-corrected chi connectivity index (χ3v) is 8.24. The highest BCUT2D eigenvalue weighted by atomic mass is 32.1. The van der Waals surface area contributed by atoms with Gasteiger partial charge in [-0.05, 0) is 45.1 Å². The number of hydrogen-bond donors (Lipinski definition) is 1. The largest absolute Gasteiger partial charge is 0.504 e. The summed E-state index contributed by atoms with van der Waals surface area (Å²) in [6.45, 7) is 6.21. The molecule has 0 saturated carbocycles. The first-order chi connectivity index (χ1) is 17.1. The van der Waals surface area contributed by atoms with Crippen molar-refractivity contribution in [3.63, 3.8) is 0 Å². The fourth-order valence-electron chi connectivity index (χ4n) is 5.14. The molecule has 4 aromatic heterocycles. The molecule has 0 aliphatic carbocycles. The van der Waals surface area contributed by atoms with E-state index in [-0.39, 0.29) is 5.75 Å². The molecule has 10 heteroatoms. The first-order valence-electron chi connectivity index (χ1n) is 12.2. The van der Waals surface area contributed by atoms with Crippen LogP contribution in [-0.4, -0.2) is 93.8 Å². The summed E-state index contributed by atoms with van der Waals surface area (Å²) in [5.41, 5.74) is 2.29. The van der Waals surface area contributed by atoms with E-state index in [2.05, 4.69) is 39.8 Å². The van der Waals surface area contributed by atoms with Crippen LogP contribution in [0.3, 0.4) is 0 Å². The minimum absolute atomic E-state index is 0.143. The van der Waals surface area contributed by atoms with Crippen LogP contribution in [-0.2, 0) is 11.3 Å². The highest BCUT2D eigenvalue weighted by Crippen LogP contribution is 2.36. The summed E-state index contributed by atoms with van der Waals surface area (Å²) in [5.74, 6) is 1.75.